The third kappa shape index (κ3) is 5.99. The van der Waals surface area contributed by atoms with Crippen molar-refractivity contribution in [3.8, 4) is 11.4 Å². The van der Waals surface area contributed by atoms with Crippen LogP contribution in [-0.4, -0.2) is 94.3 Å². The molecule has 1 unspecified atom stereocenters. The Kier molecular flexibility index (Phi) is 7.92. The molecule has 1 aromatic carbocycles. The number of pyridine rings is 1. The quantitative estimate of drug-likeness (QED) is 0.308. The Labute approximate surface area is 242 Å². The zero-order valence-corrected chi connectivity index (χ0v) is 23.8. The van der Waals surface area contributed by atoms with Gasteiger partial charge in [-0.15, -0.1) is 0 Å². The summed E-state index contributed by atoms with van der Waals surface area (Å²) >= 11 is 0. The van der Waals surface area contributed by atoms with Gasteiger partial charge in [-0.1, -0.05) is 24.3 Å². The normalized spacial score (nSPS) is 19.7. The van der Waals surface area contributed by atoms with Crippen molar-refractivity contribution in [1.82, 2.24) is 40.0 Å². The molecule has 6 heterocycles. The molecule has 214 valence electrons. The van der Waals surface area contributed by atoms with E-state index in [0.717, 1.165) is 113 Å². The molecule has 0 radical (unpaired) electrons. The summed E-state index contributed by atoms with van der Waals surface area (Å²) in [5.74, 6) is 1.63. The van der Waals surface area contributed by atoms with E-state index >= 15 is 0 Å². The predicted octanol–water partition coefficient (Wildman–Crippen LogP) is 3.16. The van der Waals surface area contributed by atoms with Crippen LogP contribution < -0.4 is 16.0 Å². The first kappa shape index (κ1) is 26.5. The molecular formula is C32H41N9. The van der Waals surface area contributed by atoms with Crippen LogP contribution in [0.3, 0.4) is 0 Å². The van der Waals surface area contributed by atoms with E-state index in [9.17, 15) is 0 Å². The van der Waals surface area contributed by atoms with Gasteiger partial charge in [0.25, 0.3) is 0 Å². The zero-order chi connectivity index (χ0) is 27.4. The number of aromatic nitrogens is 4. The molecule has 7 rings (SSSR count). The van der Waals surface area contributed by atoms with E-state index in [1.54, 1.807) is 0 Å². The molecule has 2 fully saturated rings. The summed E-state index contributed by atoms with van der Waals surface area (Å²) in [6, 6.07) is 16.1. The van der Waals surface area contributed by atoms with Gasteiger partial charge in [0.05, 0.1) is 0 Å². The monoisotopic (exact) mass is 551 g/mol. The maximum Gasteiger partial charge on any atom is 0.161 e. The van der Waals surface area contributed by atoms with Gasteiger partial charge in [0.2, 0.25) is 0 Å². The van der Waals surface area contributed by atoms with Crippen molar-refractivity contribution in [3.63, 3.8) is 0 Å². The Hall–Kier alpha value is -3.37. The first-order valence-electron chi connectivity index (χ1n) is 15.3. The molecule has 9 heteroatoms. The largest absolute Gasteiger partial charge is 0.368 e. The number of hydrogen-bond donors (Lipinski definition) is 3. The maximum absolute atomic E-state index is 5.04. The Morgan fingerprint density at radius 3 is 2.63 bits per heavy atom. The van der Waals surface area contributed by atoms with E-state index in [0.29, 0.717) is 12.1 Å². The number of nitrogens with zero attached hydrogens (tertiary/aromatic N) is 6. The number of nitrogens with one attached hydrogen (secondary N) is 3. The number of benzene rings is 1. The highest BCUT2D eigenvalue weighted by atomic mass is 15.3. The van der Waals surface area contributed by atoms with Crippen molar-refractivity contribution in [2.24, 2.45) is 0 Å². The first-order chi connectivity index (χ1) is 20.3. The van der Waals surface area contributed by atoms with Gasteiger partial charge >= 0.3 is 0 Å². The summed E-state index contributed by atoms with van der Waals surface area (Å²) in [7, 11) is 0. The number of anilines is 1. The van der Waals surface area contributed by atoms with Crippen LogP contribution in [0.1, 0.15) is 30.0 Å². The van der Waals surface area contributed by atoms with Crippen LogP contribution in [-0.2, 0) is 13.0 Å². The van der Waals surface area contributed by atoms with Gasteiger partial charge < -0.3 is 20.5 Å². The molecule has 4 aromatic rings. The van der Waals surface area contributed by atoms with Gasteiger partial charge in [-0.2, -0.15) is 0 Å². The Balaban J connectivity index is 1.07. The van der Waals surface area contributed by atoms with Crippen molar-refractivity contribution < 1.29 is 0 Å². The number of fused-ring (bicyclic) bond motifs is 2. The SMILES string of the molecule is c1ccc2c(c1)CCN(CC(CNc1cc(-c3ncc4ccn(C5CCNCC5)c4n3)ccn1)N1CCNCC1)C2. The molecule has 41 heavy (non-hydrogen) atoms. The van der Waals surface area contributed by atoms with Crippen LogP contribution in [0.4, 0.5) is 5.82 Å². The highest BCUT2D eigenvalue weighted by Crippen LogP contribution is 2.27. The summed E-state index contributed by atoms with van der Waals surface area (Å²) in [5, 5.41) is 11.8. The van der Waals surface area contributed by atoms with Crippen LogP contribution >= 0.6 is 0 Å². The lowest BCUT2D eigenvalue weighted by atomic mass is 9.99. The second-order valence-corrected chi connectivity index (χ2v) is 11.7. The first-order valence-corrected chi connectivity index (χ1v) is 15.3. The summed E-state index contributed by atoms with van der Waals surface area (Å²) in [6.45, 7) is 10.4. The van der Waals surface area contributed by atoms with Crippen LogP contribution in [0.25, 0.3) is 22.4 Å². The lowest BCUT2D eigenvalue weighted by Crippen LogP contribution is -2.54. The van der Waals surface area contributed by atoms with E-state index in [1.807, 2.05) is 18.5 Å². The fourth-order valence-corrected chi connectivity index (χ4v) is 6.71. The van der Waals surface area contributed by atoms with E-state index in [1.165, 1.54) is 11.1 Å². The fraction of sp³-hybridized carbons (Fsp3) is 0.469. The molecule has 0 saturated carbocycles. The van der Waals surface area contributed by atoms with Gasteiger partial charge in [0, 0.05) is 94.0 Å². The Morgan fingerprint density at radius 1 is 0.927 bits per heavy atom. The van der Waals surface area contributed by atoms with Crippen LogP contribution in [0.5, 0.6) is 0 Å². The molecule has 9 nitrogen and oxygen atoms in total. The number of hydrogen-bond acceptors (Lipinski definition) is 8. The molecule has 3 aliphatic heterocycles. The standard InChI is InChI=1S/C32H41N9/c1-2-4-27-22-39(15-8-24(27)3-1)23-29(40-17-13-34-14-18-40)21-36-30-19-25(5-12-35-30)31-37-20-26-9-16-41(32(26)38-31)28-6-10-33-11-7-28/h1-5,9,12,16,19-20,28-29,33-34H,6-8,10-11,13-15,17-18,21-23H2,(H,35,36). The second kappa shape index (κ2) is 12.2. The van der Waals surface area contributed by atoms with Gasteiger partial charge in [-0.3, -0.25) is 9.80 Å². The van der Waals surface area contributed by atoms with Gasteiger partial charge in [-0.05, 0) is 61.7 Å². The minimum atomic E-state index is 0.411. The highest BCUT2D eigenvalue weighted by molar-refractivity contribution is 5.77. The molecule has 2 saturated heterocycles. The van der Waals surface area contributed by atoms with Crippen LogP contribution in [0.2, 0.25) is 0 Å². The molecular weight excluding hydrogens is 510 g/mol. The number of rotatable bonds is 8. The molecule has 0 amide bonds. The third-order valence-electron chi connectivity index (χ3n) is 9.04. The third-order valence-corrected chi connectivity index (χ3v) is 9.04. The predicted molar refractivity (Wildman–Crippen MR) is 164 cm³/mol. The second-order valence-electron chi connectivity index (χ2n) is 11.7. The fourth-order valence-electron chi connectivity index (χ4n) is 6.71. The van der Waals surface area contributed by atoms with Crippen molar-refractivity contribution >= 4 is 16.9 Å². The van der Waals surface area contributed by atoms with Crippen LogP contribution in [0.15, 0.2) is 61.1 Å². The lowest BCUT2D eigenvalue weighted by molar-refractivity contribution is 0.124. The van der Waals surface area contributed by atoms with Crippen molar-refractivity contribution in [2.75, 3.05) is 64.2 Å². The van der Waals surface area contributed by atoms with E-state index < -0.39 is 0 Å². The summed E-state index contributed by atoms with van der Waals surface area (Å²) in [5.41, 5.74) is 5.00. The topological polar surface area (TPSA) is 86.2 Å². The van der Waals surface area contributed by atoms with E-state index in [2.05, 4.69) is 77.9 Å². The molecule has 3 aliphatic rings. The van der Waals surface area contributed by atoms with Gasteiger partial charge in [0.15, 0.2) is 5.82 Å². The molecule has 1 atom stereocenters. The minimum Gasteiger partial charge on any atom is -0.368 e. The summed E-state index contributed by atoms with van der Waals surface area (Å²) in [6.07, 6.45) is 9.40. The Morgan fingerprint density at radius 2 is 1.76 bits per heavy atom. The molecule has 0 spiro atoms. The van der Waals surface area contributed by atoms with Crippen molar-refractivity contribution in [2.45, 2.75) is 37.9 Å². The summed E-state index contributed by atoms with van der Waals surface area (Å²) < 4.78 is 2.35. The van der Waals surface area contributed by atoms with Gasteiger partial charge in [0.1, 0.15) is 11.5 Å². The number of piperazine rings is 1. The van der Waals surface area contributed by atoms with E-state index in [-0.39, 0.29) is 0 Å². The minimum absolute atomic E-state index is 0.411. The molecule has 3 aromatic heterocycles. The Bertz CT molecular complexity index is 1450. The smallest absolute Gasteiger partial charge is 0.161 e. The number of piperidine rings is 1. The average Bonchev–Trinajstić information content (AvgIpc) is 3.47. The molecule has 0 aliphatic carbocycles. The van der Waals surface area contributed by atoms with E-state index in [4.69, 9.17) is 9.97 Å². The zero-order valence-electron chi connectivity index (χ0n) is 23.8. The van der Waals surface area contributed by atoms with Crippen molar-refractivity contribution in [1.29, 1.82) is 0 Å². The van der Waals surface area contributed by atoms with Crippen molar-refractivity contribution in [3.05, 3.63) is 72.2 Å². The lowest BCUT2D eigenvalue weighted by Gasteiger charge is -2.39. The molecule has 0 bridgehead atoms. The van der Waals surface area contributed by atoms with Gasteiger partial charge in [-0.25, -0.2) is 15.0 Å². The highest BCUT2D eigenvalue weighted by Gasteiger charge is 2.25. The average molecular weight is 552 g/mol. The maximum atomic E-state index is 5.04. The van der Waals surface area contributed by atoms with Crippen LogP contribution in [0, 0.1) is 0 Å². The molecule has 3 N–H and O–H groups in total. The summed E-state index contributed by atoms with van der Waals surface area (Å²) in [4.78, 5) is 19.7.